The lowest BCUT2D eigenvalue weighted by Crippen LogP contribution is -2.37. The minimum absolute atomic E-state index is 0.0782. The summed E-state index contributed by atoms with van der Waals surface area (Å²) in [6, 6.07) is 4.10. The second-order valence-corrected chi connectivity index (χ2v) is 5.12. The topological polar surface area (TPSA) is 102 Å². The van der Waals surface area contributed by atoms with E-state index in [0.717, 1.165) is 12.8 Å². The maximum Gasteiger partial charge on any atom is 0.308 e. The van der Waals surface area contributed by atoms with Crippen molar-refractivity contribution in [2.75, 3.05) is 12.4 Å². The van der Waals surface area contributed by atoms with E-state index in [1.54, 1.807) is 0 Å². The van der Waals surface area contributed by atoms with Gasteiger partial charge >= 0.3 is 5.97 Å². The molecular weight excluding hydrogens is 276 g/mol. The molecule has 0 radical (unpaired) electrons. The first kappa shape index (κ1) is 15.1. The van der Waals surface area contributed by atoms with Crippen molar-refractivity contribution in [1.29, 1.82) is 0 Å². The first-order valence-corrected chi connectivity index (χ1v) is 6.84. The molecule has 1 aromatic rings. The molecule has 2 unspecified atom stereocenters. The molecule has 2 atom stereocenters. The summed E-state index contributed by atoms with van der Waals surface area (Å²) in [5, 5.41) is 23.4. The summed E-state index contributed by atoms with van der Waals surface area (Å²) in [5.74, 6) is -0.895. The van der Waals surface area contributed by atoms with Crippen molar-refractivity contribution in [2.24, 2.45) is 5.92 Å². The summed E-state index contributed by atoms with van der Waals surface area (Å²) in [6.07, 6.45) is 3.06. The normalized spacial score (nSPS) is 21.6. The van der Waals surface area contributed by atoms with Crippen molar-refractivity contribution in [3.8, 4) is 5.75 Å². The molecule has 0 aromatic heterocycles. The van der Waals surface area contributed by atoms with E-state index in [0.29, 0.717) is 24.3 Å². The number of nitrogens with one attached hydrogen (secondary N) is 1. The highest BCUT2D eigenvalue weighted by atomic mass is 16.6. The van der Waals surface area contributed by atoms with Gasteiger partial charge in [0.15, 0.2) is 0 Å². The number of anilines is 1. The van der Waals surface area contributed by atoms with Crippen LogP contribution in [0.5, 0.6) is 5.75 Å². The zero-order valence-electron chi connectivity index (χ0n) is 11.7. The molecule has 0 bridgehead atoms. The van der Waals surface area contributed by atoms with Crippen LogP contribution in [0.2, 0.25) is 0 Å². The number of aliphatic carboxylic acids is 1. The van der Waals surface area contributed by atoms with E-state index in [9.17, 15) is 20.0 Å². The van der Waals surface area contributed by atoms with Crippen LogP contribution in [-0.4, -0.2) is 29.2 Å². The molecule has 2 rings (SSSR count). The van der Waals surface area contributed by atoms with E-state index in [2.05, 4.69) is 5.32 Å². The number of hydrogen-bond donors (Lipinski definition) is 2. The van der Waals surface area contributed by atoms with Crippen LogP contribution >= 0.6 is 0 Å². The van der Waals surface area contributed by atoms with Gasteiger partial charge in [-0.25, -0.2) is 0 Å². The average molecular weight is 294 g/mol. The Morgan fingerprint density at radius 1 is 1.43 bits per heavy atom. The maximum atomic E-state index is 11.3. The first-order valence-electron chi connectivity index (χ1n) is 6.84. The van der Waals surface area contributed by atoms with E-state index in [1.165, 1.54) is 25.3 Å². The number of hydrogen-bond acceptors (Lipinski definition) is 5. The Balaban J connectivity index is 2.27. The number of rotatable bonds is 5. The van der Waals surface area contributed by atoms with Crippen molar-refractivity contribution in [1.82, 2.24) is 0 Å². The van der Waals surface area contributed by atoms with Crippen LogP contribution in [0.1, 0.15) is 25.7 Å². The number of ether oxygens (including phenoxy) is 1. The Morgan fingerprint density at radius 2 is 2.14 bits per heavy atom. The Labute approximate surface area is 122 Å². The van der Waals surface area contributed by atoms with Gasteiger partial charge in [0.05, 0.1) is 18.0 Å². The third kappa shape index (κ3) is 3.42. The monoisotopic (exact) mass is 294 g/mol. The number of nitro benzene ring substituents is 1. The van der Waals surface area contributed by atoms with Gasteiger partial charge in [0.25, 0.3) is 5.69 Å². The molecule has 1 aliphatic rings. The summed E-state index contributed by atoms with van der Waals surface area (Å²) < 4.78 is 5.07. The Morgan fingerprint density at radius 3 is 2.76 bits per heavy atom. The van der Waals surface area contributed by atoms with Gasteiger partial charge in [-0.05, 0) is 18.9 Å². The number of carboxylic acids is 1. The van der Waals surface area contributed by atoms with E-state index in [-0.39, 0.29) is 11.7 Å². The number of methoxy groups -OCH3 is 1. The molecule has 114 valence electrons. The number of nitro groups is 1. The number of carboxylic acid groups (broad SMARTS) is 1. The molecule has 7 heteroatoms. The van der Waals surface area contributed by atoms with Crippen molar-refractivity contribution in [3.63, 3.8) is 0 Å². The van der Waals surface area contributed by atoms with E-state index in [1.807, 2.05) is 0 Å². The van der Waals surface area contributed by atoms with Gasteiger partial charge < -0.3 is 15.2 Å². The minimum atomic E-state index is -0.863. The number of benzene rings is 1. The second-order valence-electron chi connectivity index (χ2n) is 5.12. The molecule has 0 amide bonds. The number of nitrogens with zero attached hydrogens (tertiary/aromatic N) is 1. The Bertz CT molecular complexity index is 546. The zero-order valence-corrected chi connectivity index (χ0v) is 11.7. The highest BCUT2D eigenvalue weighted by Gasteiger charge is 2.32. The van der Waals surface area contributed by atoms with Gasteiger partial charge in [0, 0.05) is 18.2 Å². The summed E-state index contributed by atoms with van der Waals surface area (Å²) in [5.41, 5.74) is 0.225. The highest BCUT2D eigenvalue weighted by Crippen LogP contribution is 2.33. The fraction of sp³-hybridized carbons (Fsp3) is 0.500. The summed E-state index contributed by atoms with van der Waals surface area (Å²) >= 11 is 0. The lowest BCUT2D eigenvalue weighted by Gasteiger charge is -2.30. The van der Waals surface area contributed by atoms with E-state index in [4.69, 9.17) is 4.74 Å². The molecule has 1 aliphatic carbocycles. The van der Waals surface area contributed by atoms with Crippen LogP contribution < -0.4 is 10.1 Å². The largest absolute Gasteiger partial charge is 0.497 e. The van der Waals surface area contributed by atoms with Crippen LogP contribution in [0, 0.1) is 16.0 Å². The quantitative estimate of drug-likeness (QED) is 0.639. The maximum absolute atomic E-state index is 11.3. The van der Waals surface area contributed by atoms with Crippen molar-refractivity contribution in [2.45, 2.75) is 31.7 Å². The van der Waals surface area contributed by atoms with Crippen LogP contribution in [0.25, 0.3) is 0 Å². The smallest absolute Gasteiger partial charge is 0.308 e. The molecule has 0 saturated heterocycles. The molecule has 1 fully saturated rings. The van der Waals surface area contributed by atoms with Gasteiger partial charge in [0.1, 0.15) is 11.4 Å². The summed E-state index contributed by atoms with van der Waals surface area (Å²) in [7, 11) is 1.48. The van der Waals surface area contributed by atoms with Crippen molar-refractivity contribution in [3.05, 3.63) is 28.3 Å². The summed E-state index contributed by atoms with van der Waals surface area (Å²) in [6.45, 7) is 0. The Hall–Kier alpha value is -2.31. The van der Waals surface area contributed by atoms with E-state index >= 15 is 0 Å². The lowest BCUT2D eigenvalue weighted by molar-refractivity contribution is -0.384. The molecule has 0 heterocycles. The summed E-state index contributed by atoms with van der Waals surface area (Å²) in [4.78, 5) is 21.9. The third-order valence-electron chi connectivity index (χ3n) is 3.82. The fourth-order valence-electron chi connectivity index (χ4n) is 2.72. The van der Waals surface area contributed by atoms with Gasteiger partial charge in [-0.3, -0.25) is 14.9 Å². The molecular formula is C14H18N2O5. The highest BCUT2D eigenvalue weighted by molar-refractivity contribution is 5.73. The Kier molecular flexibility index (Phi) is 4.62. The van der Waals surface area contributed by atoms with Crippen molar-refractivity contribution >= 4 is 17.3 Å². The standard InChI is InChI=1S/C14H18N2O5/c1-21-9-6-7-13(16(19)20)12(8-9)15-11-5-3-2-4-10(11)14(17)18/h6-8,10-11,15H,2-5H2,1H3,(H,17,18). The van der Waals surface area contributed by atoms with Crippen LogP contribution in [0.3, 0.4) is 0 Å². The molecule has 0 spiro atoms. The molecule has 2 N–H and O–H groups in total. The van der Waals surface area contributed by atoms with Crippen LogP contribution in [-0.2, 0) is 4.79 Å². The lowest BCUT2D eigenvalue weighted by atomic mass is 9.84. The van der Waals surface area contributed by atoms with Crippen LogP contribution in [0.4, 0.5) is 11.4 Å². The number of carbonyl (C=O) groups is 1. The van der Waals surface area contributed by atoms with Gasteiger partial charge in [-0.15, -0.1) is 0 Å². The fourth-order valence-corrected chi connectivity index (χ4v) is 2.72. The average Bonchev–Trinajstić information content (AvgIpc) is 2.47. The van der Waals surface area contributed by atoms with Gasteiger partial charge in [0.2, 0.25) is 0 Å². The van der Waals surface area contributed by atoms with Crippen LogP contribution in [0.15, 0.2) is 18.2 Å². The van der Waals surface area contributed by atoms with Crippen molar-refractivity contribution < 1.29 is 19.6 Å². The first-order chi connectivity index (χ1) is 10.0. The molecule has 0 aliphatic heterocycles. The molecule has 7 nitrogen and oxygen atoms in total. The zero-order chi connectivity index (χ0) is 15.4. The predicted molar refractivity (Wildman–Crippen MR) is 76.7 cm³/mol. The molecule has 1 saturated carbocycles. The molecule has 1 aromatic carbocycles. The molecule has 21 heavy (non-hydrogen) atoms. The van der Waals surface area contributed by atoms with Gasteiger partial charge in [-0.2, -0.15) is 0 Å². The predicted octanol–water partition coefficient (Wildman–Crippen LogP) is 2.66. The third-order valence-corrected chi connectivity index (χ3v) is 3.82. The second kappa shape index (κ2) is 6.43. The van der Waals surface area contributed by atoms with Gasteiger partial charge in [-0.1, -0.05) is 12.8 Å². The SMILES string of the molecule is COc1ccc([N+](=O)[O-])c(NC2CCCCC2C(=O)O)c1. The minimum Gasteiger partial charge on any atom is -0.497 e. The van der Waals surface area contributed by atoms with E-state index < -0.39 is 16.8 Å².